The lowest BCUT2D eigenvalue weighted by molar-refractivity contribution is -0.141. The Morgan fingerprint density at radius 1 is 1.50 bits per heavy atom. The van der Waals surface area contributed by atoms with Crippen LogP contribution in [0.5, 0.6) is 0 Å². The molecule has 0 aliphatic carbocycles. The number of ether oxygens (including phenoxy) is 1. The molecular weight excluding hydrogens is 230 g/mol. The molecule has 2 N–H and O–H groups in total. The minimum absolute atomic E-state index is 0.172. The molecule has 0 saturated carbocycles. The molecule has 0 aliphatic rings. The number of hydrogen-bond donors (Lipinski definition) is 1. The lowest BCUT2D eigenvalue weighted by atomic mass is 10.3. The maximum atomic E-state index is 11.5. The Hall–Kier alpha value is -2.04. The zero-order valence-corrected chi connectivity index (χ0v) is 10.6. The summed E-state index contributed by atoms with van der Waals surface area (Å²) in [6.45, 7) is 2.25. The van der Waals surface area contributed by atoms with E-state index in [-0.39, 0.29) is 12.5 Å². The van der Waals surface area contributed by atoms with Crippen molar-refractivity contribution in [3.63, 3.8) is 0 Å². The number of benzene rings is 1. The van der Waals surface area contributed by atoms with E-state index in [2.05, 4.69) is 11.9 Å². The summed E-state index contributed by atoms with van der Waals surface area (Å²) >= 11 is 0. The van der Waals surface area contributed by atoms with Gasteiger partial charge in [0.1, 0.15) is 17.9 Å². The van der Waals surface area contributed by atoms with Gasteiger partial charge in [-0.2, -0.15) is 0 Å². The van der Waals surface area contributed by atoms with E-state index in [0.29, 0.717) is 5.69 Å². The first-order valence-corrected chi connectivity index (χ1v) is 5.97. The highest BCUT2D eigenvalue weighted by Crippen LogP contribution is 2.22. The predicted molar refractivity (Wildman–Crippen MR) is 70.2 cm³/mol. The van der Waals surface area contributed by atoms with Crippen LogP contribution in [0.2, 0.25) is 0 Å². The van der Waals surface area contributed by atoms with Crippen LogP contribution in [0.3, 0.4) is 0 Å². The van der Waals surface area contributed by atoms with Crippen LogP contribution in [0.15, 0.2) is 18.2 Å². The van der Waals surface area contributed by atoms with Crippen LogP contribution >= 0.6 is 0 Å². The third kappa shape index (κ3) is 2.16. The molecule has 2 aromatic rings. The van der Waals surface area contributed by atoms with E-state index in [1.807, 2.05) is 22.8 Å². The summed E-state index contributed by atoms with van der Waals surface area (Å²) in [6, 6.07) is 5.59. The lowest BCUT2D eigenvalue weighted by Crippen LogP contribution is -2.14. The van der Waals surface area contributed by atoms with Gasteiger partial charge in [-0.25, -0.2) is 4.98 Å². The number of hydrogen-bond acceptors (Lipinski definition) is 4. The highest BCUT2D eigenvalue weighted by atomic mass is 16.5. The molecule has 96 valence electrons. The quantitative estimate of drug-likeness (QED) is 0.660. The van der Waals surface area contributed by atoms with E-state index < -0.39 is 0 Å². The molecule has 0 amide bonds. The fourth-order valence-electron chi connectivity index (χ4n) is 2.00. The average molecular weight is 247 g/mol. The van der Waals surface area contributed by atoms with E-state index in [4.69, 9.17) is 10.5 Å². The number of methoxy groups -OCH3 is 1. The van der Waals surface area contributed by atoms with Gasteiger partial charge in [0.2, 0.25) is 0 Å². The van der Waals surface area contributed by atoms with Gasteiger partial charge in [0, 0.05) is 6.42 Å². The topological polar surface area (TPSA) is 70.1 Å². The van der Waals surface area contributed by atoms with Gasteiger partial charge in [-0.15, -0.1) is 0 Å². The number of esters is 1. The van der Waals surface area contributed by atoms with Crippen molar-refractivity contribution in [3.05, 3.63) is 24.0 Å². The Labute approximate surface area is 106 Å². The molecule has 0 bridgehead atoms. The number of imidazole rings is 1. The van der Waals surface area contributed by atoms with Crippen LogP contribution in [0.4, 0.5) is 5.69 Å². The van der Waals surface area contributed by atoms with Crippen molar-refractivity contribution >= 4 is 22.7 Å². The Morgan fingerprint density at radius 3 is 2.94 bits per heavy atom. The summed E-state index contributed by atoms with van der Waals surface area (Å²) in [7, 11) is 1.38. The van der Waals surface area contributed by atoms with Crippen LogP contribution in [0.1, 0.15) is 19.2 Å². The van der Waals surface area contributed by atoms with Crippen LogP contribution < -0.4 is 5.73 Å². The van der Waals surface area contributed by atoms with Crippen molar-refractivity contribution in [2.75, 3.05) is 12.8 Å². The second-order valence-corrected chi connectivity index (χ2v) is 4.16. The van der Waals surface area contributed by atoms with Crippen molar-refractivity contribution in [2.24, 2.45) is 0 Å². The number of anilines is 1. The Morgan fingerprint density at radius 2 is 2.28 bits per heavy atom. The first-order valence-electron chi connectivity index (χ1n) is 5.97. The number of carbonyl (C=O) groups is 1. The summed E-state index contributed by atoms with van der Waals surface area (Å²) in [5.41, 5.74) is 8.17. The van der Waals surface area contributed by atoms with Crippen molar-refractivity contribution in [3.8, 4) is 0 Å². The summed E-state index contributed by atoms with van der Waals surface area (Å²) in [6.07, 6.45) is 1.77. The molecule has 0 radical (unpaired) electrons. The van der Waals surface area contributed by atoms with Crippen LogP contribution in [-0.4, -0.2) is 22.6 Å². The van der Waals surface area contributed by atoms with Gasteiger partial charge < -0.3 is 15.0 Å². The maximum Gasteiger partial charge on any atom is 0.325 e. The Kier molecular flexibility index (Phi) is 3.50. The summed E-state index contributed by atoms with van der Waals surface area (Å²) < 4.78 is 6.59. The minimum atomic E-state index is -0.283. The number of rotatable bonds is 4. The fourth-order valence-corrected chi connectivity index (χ4v) is 2.00. The monoisotopic (exact) mass is 247 g/mol. The minimum Gasteiger partial charge on any atom is -0.468 e. The second-order valence-electron chi connectivity index (χ2n) is 4.16. The summed E-state index contributed by atoms with van der Waals surface area (Å²) in [4.78, 5) is 16.0. The fraction of sp³-hybridized carbons (Fsp3) is 0.385. The molecule has 1 aromatic carbocycles. The van der Waals surface area contributed by atoms with E-state index in [9.17, 15) is 4.79 Å². The van der Waals surface area contributed by atoms with E-state index in [1.165, 1.54) is 7.11 Å². The van der Waals surface area contributed by atoms with Crippen LogP contribution in [0.25, 0.3) is 11.0 Å². The first-order chi connectivity index (χ1) is 8.67. The molecule has 2 rings (SSSR count). The number of carbonyl (C=O) groups excluding carboxylic acids is 1. The Balaban J connectivity index is 2.55. The number of aryl methyl sites for hydroxylation is 1. The number of nitrogens with two attached hydrogens (primary N) is 1. The van der Waals surface area contributed by atoms with Crippen LogP contribution in [-0.2, 0) is 22.5 Å². The zero-order chi connectivity index (χ0) is 13.1. The molecule has 0 aliphatic heterocycles. The summed E-state index contributed by atoms with van der Waals surface area (Å²) in [5, 5.41) is 0. The van der Waals surface area contributed by atoms with Gasteiger partial charge in [-0.1, -0.05) is 13.0 Å². The van der Waals surface area contributed by atoms with Gasteiger partial charge in [-0.05, 0) is 18.6 Å². The van der Waals surface area contributed by atoms with E-state index >= 15 is 0 Å². The maximum absolute atomic E-state index is 11.5. The number of aromatic nitrogens is 2. The van der Waals surface area contributed by atoms with Gasteiger partial charge in [0.15, 0.2) is 0 Å². The van der Waals surface area contributed by atoms with E-state index in [1.54, 1.807) is 0 Å². The number of fused-ring (bicyclic) bond motifs is 1. The molecule has 0 fully saturated rings. The highest BCUT2D eigenvalue weighted by molar-refractivity contribution is 5.88. The van der Waals surface area contributed by atoms with Crippen molar-refractivity contribution in [2.45, 2.75) is 26.3 Å². The third-order valence-electron chi connectivity index (χ3n) is 2.88. The highest BCUT2D eigenvalue weighted by Gasteiger charge is 2.14. The molecule has 0 unspecified atom stereocenters. The smallest absolute Gasteiger partial charge is 0.325 e. The summed E-state index contributed by atoms with van der Waals surface area (Å²) in [5.74, 6) is 0.588. The Bertz CT molecular complexity index is 575. The standard InChI is InChI=1S/C13H17N3O2/c1-3-5-11-15-13-9(14)6-4-7-10(13)16(11)8-12(17)18-2/h4,6-7H,3,5,8,14H2,1-2H3. The molecule has 1 heterocycles. The van der Waals surface area contributed by atoms with Crippen molar-refractivity contribution in [1.29, 1.82) is 0 Å². The molecule has 1 aromatic heterocycles. The third-order valence-corrected chi connectivity index (χ3v) is 2.88. The average Bonchev–Trinajstić information content (AvgIpc) is 2.70. The van der Waals surface area contributed by atoms with Gasteiger partial charge >= 0.3 is 5.97 Å². The molecule has 5 nitrogen and oxygen atoms in total. The molecule has 5 heteroatoms. The zero-order valence-electron chi connectivity index (χ0n) is 10.6. The SMILES string of the molecule is CCCc1nc2c(N)cccc2n1CC(=O)OC. The van der Waals surface area contributed by atoms with Crippen LogP contribution in [0, 0.1) is 0 Å². The normalized spacial score (nSPS) is 10.8. The molecule has 0 saturated heterocycles. The molecule has 0 spiro atoms. The molecule has 0 atom stereocenters. The van der Waals surface area contributed by atoms with Gasteiger partial charge in [0.25, 0.3) is 0 Å². The van der Waals surface area contributed by atoms with Crippen molar-refractivity contribution < 1.29 is 9.53 Å². The lowest BCUT2D eigenvalue weighted by Gasteiger charge is -2.06. The number of nitrogen functional groups attached to an aromatic ring is 1. The molecular formula is C13H17N3O2. The number of para-hydroxylation sites is 1. The molecule has 18 heavy (non-hydrogen) atoms. The van der Waals surface area contributed by atoms with Gasteiger partial charge in [-0.3, -0.25) is 4.79 Å². The predicted octanol–water partition coefficient (Wildman–Crippen LogP) is 1.74. The number of nitrogens with zero attached hydrogens (tertiary/aromatic N) is 2. The second kappa shape index (κ2) is 5.08. The first kappa shape index (κ1) is 12.4. The largest absolute Gasteiger partial charge is 0.468 e. The van der Waals surface area contributed by atoms with E-state index in [0.717, 1.165) is 29.7 Å². The van der Waals surface area contributed by atoms with Crippen molar-refractivity contribution in [1.82, 2.24) is 9.55 Å². The van der Waals surface area contributed by atoms with Gasteiger partial charge in [0.05, 0.1) is 18.3 Å².